The number of nitrogens with zero attached hydrogens (tertiary/aromatic N) is 2. The zero-order valence-corrected chi connectivity index (χ0v) is 15.6. The van der Waals surface area contributed by atoms with E-state index in [4.69, 9.17) is 27.7 Å². The van der Waals surface area contributed by atoms with Crippen LogP contribution in [0, 0.1) is 6.92 Å². The zero-order chi connectivity index (χ0) is 18.8. The highest BCUT2D eigenvalue weighted by atomic mass is 35.5. The molecule has 1 unspecified atom stereocenters. The van der Waals surface area contributed by atoms with Crippen molar-refractivity contribution in [2.24, 2.45) is 0 Å². The SMILES string of the molecule is Cc1noc(-c2cccc(Cl)c2)c1N(C(=O)O)C(C)c1ccccc1Cl. The van der Waals surface area contributed by atoms with Crippen LogP contribution in [0.3, 0.4) is 0 Å². The number of carboxylic acid groups (broad SMARTS) is 1. The number of aryl methyl sites for hydroxylation is 1. The molecule has 2 aromatic carbocycles. The van der Waals surface area contributed by atoms with Gasteiger partial charge in [-0.1, -0.05) is 58.7 Å². The van der Waals surface area contributed by atoms with Crippen LogP contribution in [0.15, 0.2) is 53.1 Å². The molecule has 0 aliphatic carbocycles. The minimum absolute atomic E-state index is 0.339. The minimum Gasteiger partial charge on any atom is -0.465 e. The molecule has 1 N–H and O–H groups in total. The lowest BCUT2D eigenvalue weighted by molar-refractivity contribution is 0.199. The molecule has 1 amide bonds. The first-order chi connectivity index (χ1) is 12.4. The van der Waals surface area contributed by atoms with Crippen molar-refractivity contribution in [1.82, 2.24) is 5.16 Å². The standard InChI is InChI=1S/C19H16Cl2N2O3/c1-11-17(18(26-22-11)13-6-5-7-14(20)10-13)23(19(24)25)12(2)15-8-3-4-9-16(15)21/h3-10,12H,1-2H3,(H,24,25). The van der Waals surface area contributed by atoms with E-state index >= 15 is 0 Å². The molecule has 1 atom stereocenters. The maximum absolute atomic E-state index is 12.1. The van der Waals surface area contributed by atoms with E-state index in [1.165, 1.54) is 4.90 Å². The Hall–Kier alpha value is -2.50. The van der Waals surface area contributed by atoms with E-state index in [0.29, 0.717) is 38.3 Å². The van der Waals surface area contributed by atoms with Gasteiger partial charge in [0.15, 0.2) is 5.76 Å². The normalized spacial score (nSPS) is 12.0. The highest BCUT2D eigenvalue weighted by Crippen LogP contribution is 2.40. The molecule has 3 rings (SSSR count). The van der Waals surface area contributed by atoms with Gasteiger partial charge in [0.1, 0.15) is 11.4 Å². The fourth-order valence-electron chi connectivity index (χ4n) is 2.88. The van der Waals surface area contributed by atoms with Crippen LogP contribution >= 0.6 is 23.2 Å². The van der Waals surface area contributed by atoms with Crippen LogP contribution in [0.2, 0.25) is 10.0 Å². The Bertz CT molecular complexity index is 955. The fourth-order valence-corrected chi connectivity index (χ4v) is 3.36. The van der Waals surface area contributed by atoms with Crippen molar-refractivity contribution >= 4 is 35.0 Å². The lowest BCUT2D eigenvalue weighted by atomic mass is 10.0. The second kappa shape index (κ2) is 7.40. The summed E-state index contributed by atoms with van der Waals surface area (Å²) in [4.78, 5) is 13.3. The zero-order valence-electron chi connectivity index (χ0n) is 14.1. The smallest absolute Gasteiger partial charge is 0.412 e. The summed E-state index contributed by atoms with van der Waals surface area (Å²) in [6, 6.07) is 13.6. The number of amides is 1. The maximum atomic E-state index is 12.1. The van der Waals surface area contributed by atoms with Gasteiger partial charge in [-0.2, -0.15) is 0 Å². The van der Waals surface area contributed by atoms with Gasteiger partial charge in [-0.3, -0.25) is 4.90 Å². The van der Waals surface area contributed by atoms with Gasteiger partial charge in [-0.15, -0.1) is 0 Å². The first-order valence-electron chi connectivity index (χ1n) is 7.89. The van der Waals surface area contributed by atoms with Crippen LogP contribution in [0.4, 0.5) is 10.5 Å². The fraction of sp³-hybridized carbons (Fsp3) is 0.158. The van der Waals surface area contributed by atoms with Crippen LogP contribution in [0.1, 0.15) is 24.2 Å². The van der Waals surface area contributed by atoms with Crippen LogP contribution in [0.25, 0.3) is 11.3 Å². The number of aromatic nitrogens is 1. The van der Waals surface area contributed by atoms with Crippen LogP contribution in [0.5, 0.6) is 0 Å². The molecule has 1 aromatic heterocycles. The van der Waals surface area contributed by atoms with E-state index in [2.05, 4.69) is 5.16 Å². The number of rotatable bonds is 4. The first kappa shape index (κ1) is 18.3. The van der Waals surface area contributed by atoms with E-state index in [9.17, 15) is 9.90 Å². The molecule has 3 aromatic rings. The lowest BCUT2D eigenvalue weighted by Gasteiger charge is -2.27. The van der Waals surface area contributed by atoms with Gasteiger partial charge in [-0.05, 0) is 37.6 Å². The average molecular weight is 391 g/mol. The Morgan fingerprint density at radius 3 is 2.58 bits per heavy atom. The first-order valence-corrected chi connectivity index (χ1v) is 8.64. The number of hydrogen-bond acceptors (Lipinski definition) is 3. The molecule has 1 heterocycles. The van der Waals surface area contributed by atoms with Gasteiger partial charge in [0.05, 0.1) is 6.04 Å². The van der Waals surface area contributed by atoms with Gasteiger partial charge in [0.2, 0.25) is 0 Å². The Morgan fingerprint density at radius 1 is 1.19 bits per heavy atom. The number of anilines is 1. The summed E-state index contributed by atoms with van der Waals surface area (Å²) in [5.74, 6) is 0.339. The Morgan fingerprint density at radius 2 is 1.92 bits per heavy atom. The van der Waals surface area contributed by atoms with E-state index in [1.807, 2.05) is 6.07 Å². The van der Waals surface area contributed by atoms with Gasteiger partial charge < -0.3 is 9.63 Å². The Kier molecular flexibility index (Phi) is 5.20. The molecule has 0 aliphatic heterocycles. The molecule has 0 bridgehead atoms. The van der Waals surface area contributed by atoms with E-state index in [-0.39, 0.29) is 0 Å². The molecule has 0 saturated carbocycles. The van der Waals surface area contributed by atoms with Crippen molar-refractivity contribution < 1.29 is 14.4 Å². The summed E-state index contributed by atoms with van der Waals surface area (Å²) >= 11 is 12.3. The van der Waals surface area contributed by atoms with E-state index < -0.39 is 12.1 Å². The topological polar surface area (TPSA) is 66.6 Å². The second-order valence-corrected chi connectivity index (χ2v) is 6.65. The number of carbonyl (C=O) groups is 1. The minimum atomic E-state index is -1.13. The highest BCUT2D eigenvalue weighted by Gasteiger charge is 2.31. The number of halogens is 2. The van der Waals surface area contributed by atoms with Crippen molar-refractivity contribution in [3.63, 3.8) is 0 Å². The van der Waals surface area contributed by atoms with Crippen molar-refractivity contribution in [2.75, 3.05) is 4.90 Å². The van der Waals surface area contributed by atoms with Gasteiger partial charge in [0, 0.05) is 15.6 Å². The molecule has 26 heavy (non-hydrogen) atoms. The molecule has 0 saturated heterocycles. The molecule has 0 spiro atoms. The molecule has 0 radical (unpaired) electrons. The maximum Gasteiger partial charge on any atom is 0.412 e. The number of benzene rings is 2. The van der Waals surface area contributed by atoms with Crippen molar-refractivity contribution in [2.45, 2.75) is 19.9 Å². The molecular formula is C19H16Cl2N2O3. The molecular weight excluding hydrogens is 375 g/mol. The third kappa shape index (κ3) is 3.41. The largest absolute Gasteiger partial charge is 0.465 e. The Balaban J connectivity index is 2.14. The van der Waals surface area contributed by atoms with Crippen molar-refractivity contribution in [3.8, 4) is 11.3 Å². The predicted molar refractivity (Wildman–Crippen MR) is 102 cm³/mol. The van der Waals surface area contributed by atoms with E-state index in [0.717, 1.165) is 0 Å². The summed E-state index contributed by atoms with van der Waals surface area (Å²) < 4.78 is 5.44. The lowest BCUT2D eigenvalue weighted by Crippen LogP contribution is -2.33. The molecule has 0 fully saturated rings. The van der Waals surface area contributed by atoms with Crippen molar-refractivity contribution in [3.05, 3.63) is 69.8 Å². The third-order valence-corrected chi connectivity index (χ3v) is 4.69. The summed E-state index contributed by atoms with van der Waals surface area (Å²) in [5, 5.41) is 14.9. The quantitative estimate of drug-likeness (QED) is 0.575. The van der Waals surface area contributed by atoms with Crippen LogP contribution in [-0.2, 0) is 0 Å². The van der Waals surface area contributed by atoms with Gasteiger partial charge in [-0.25, -0.2) is 4.79 Å². The van der Waals surface area contributed by atoms with Gasteiger partial charge >= 0.3 is 6.09 Å². The average Bonchev–Trinajstić information content (AvgIpc) is 2.96. The van der Waals surface area contributed by atoms with E-state index in [1.54, 1.807) is 56.3 Å². The summed E-state index contributed by atoms with van der Waals surface area (Å²) in [6.07, 6.45) is -1.13. The van der Waals surface area contributed by atoms with Gasteiger partial charge in [0.25, 0.3) is 0 Å². The summed E-state index contributed by atoms with van der Waals surface area (Å²) in [6.45, 7) is 3.46. The molecule has 134 valence electrons. The monoisotopic (exact) mass is 390 g/mol. The second-order valence-electron chi connectivity index (χ2n) is 5.81. The predicted octanol–water partition coefficient (Wildman–Crippen LogP) is 6.20. The molecule has 5 nitrogen and oxygen atoms in total. The summed E-state index contributed by atoms with van der Waals surface area (Å²) in [5.41, 5.74) is 2.16. The summed E-state index contributed by atoms with van der Waals surface area (Å²) in [7, 11) is 0. The number of hydrogen-bond donors (Lipinski definition) is 1. The third-order valence-electron chi connectivity index (χ3n) is 4.11. The Labute approximate surface area is 160 Å². The molecule has 0 aliphatic rings. The highest BCUT2D eigenvalue weighted by molar-refractivity contribution is 6.31. The van der Waals surface area contributed by atoms with Crippen molar-refractivity contribution in [1.29, 1.82) is 0 Å². The van der Waals surface area contributed by atoms with Crippen LogP contribution in [-0.4, -0.2) is 16.4 Å². The molecule has 7 heteroatoms. The van der Waals surface area contributed by atoms with Crippen LogP contribution < -0.4 is 4.90 Å².